The summed E-state index contributed by atoms with van der Waals surface area (Å²) in [5.74, 6) is -4.60. The average molecular weight is 507 g/mol. The summed E-state index contributed by atoms with van der Waals surface area (Å²) < 4.78 is 49.9. The lowest BCUT2D eigenvalue weighted by molar-refractivity contribution is -0.148. The van der Waals surface area contributed by atoms with Gasteiger partial charge in [-0.1, -0.05) is 0 Å². The molecule has 0 saturated heterocycles. The number of halogens is 3. The molecule has 3 saturated carbocycles. The van der Waals surface area contributed by atoms with Crippen molar-refractivity contribution < 1.29 is 27.5 Å². The molecule has 1 unspecified atom stereocenters. The third-order valence-electron chi connectivity index (χ3n) is 7.64. The Bertz CT molecular complexity index is 1570. The molecule has 3 aromatic heterocycles. The first-order chi connectivity index (χ1) is 17.9. The van der Waals surface area contributed by atoms with E-state index in [1.807, 2.05) is 6.07 Å². The molecule has 3 aliphatic rings. The van der Waals surface area contributed by atoms with Gasteiger partial charge in [-0.15, -0.1) is 0 Å². The number of nitrogens with zero attached hydrogens (tertiary/aromatic N) is 3. The summed E-state index contributed by atoms with van der Waals surface area (Å²) in [6.07, 6.45) is 4.53. The fraction of sp³-hybridized carbons (Fsp3) is 0.308. The van der Waals surface area contributed by atoms with Crippen LogP contribution in [0.3, 0.4) is 0 Å². The van der Waals surface area contributed by atoms with Crippen molar-refractivity contribution >= 4 is 22.7 Å². The molecule has 0 amide bonds. The highest BCUT2D eigenvalue weighted by Gasteiger charge is 2.48. The number of pyridine rings is 1. The van der Waals surface area contributed by atoms with Crippen molar-refractivity contribution in [2.24, 2.45) is 17.8 Å². The van der Waals surface area contributed by atoms with Crippen molar-refractivity contribution in [1.29, 1.82) is 5.26 Å². The second-order valence-corrected chi connectivity index (χ2v) is 9.55. The van der Waals surface area contributed by atoms with E-state index in [-0.39, 0.29) is 56.8 Å². The number of benzene rings is 1. The minimum atomic E-state index is -0.960. The lowest BCUT2D eigenvalue weighted by Crippen LogP contribution is -2.51. The van der Waals surface area contributed by atoms with Crippen molar-refractivity contribution in [2.75, 3.05) is 5.32 Å². The van der Waals surface area contributed by atoms with Crippen LogP contribution >= 0.6 is 0 Å². The summed E-state index contributed by atoms with van der Waals surface area (Å²) in [5, 5.41) is 29.5. The molecule has 7 rings (SSSR count). The first-order valence-corrected chi connectivity index (χ1v) is 11.9. The standard InChI is InChI=1S/C26H20F3N5O3/c27-13-8-14-22(16(28)9-13)33-34-24(14)23-15(10-30)19(17-2-1-7-37-17)20(29)25(32-23)31-21-12-5-3-11(4-6-12)18(21)26(35)36/h1-2,7-9,11-12,18,21H,3-6H2,(H,31,32)(H,33,34)(H,35,36)/t11?,12?,18-,21?/m1/s1. The number of aliphatic carboxylic acids is 1. The maximum Gasteiger partial charge on any atom is 0.308 e. The van der Waals surface area contributed by atoms with E-state index in [1.165, 1.54) is 18.4 Å². The average Bonchev–Trinajstić information content (AvgIpc) is 3.56. The maximum absolute atomic E-state index is 16.0. The summed E-state index contributed by atoms with van der Waals surface area (Å²) in [7, 11) is 0. The molecule has 2 atom stereocenters. The Hall–Kier alpha value is -4.33. The van der Waals surface area contributed by atoms with E-state index in [0.29, 0.717) is 6.07 Å². The van der Waals surface area contributed by atoms with Crippen LogP contribution in [0.5, 0.6) is 0 Å². The fourth-order valence-electron chi connectivity index (χ4n) is 5.99. The zero-order chi connectivity index (χ0) is 25.8. The van der Waals surface area contributed by atoms with E-state index in [0.717, 1.165) is 31.7 Å². The van der Waals surface area contributed by atoms with Crippen LogP contribution in [0.15, 0.2) is 34.9 Å². The maximum atomic E-state index is 16.0. The van der Waals surface area contributed by atoms with Gasteiger partial charge in [-0.2, -0.15) is 10.4 Å². The number of nitriles is 1. The predicted molar refractivity (Wildman–Crippen MR) is 126 cm³/mol. The third kappa shape index (κ3) is 3.63. The number of fused-ring (bicyclic) bond motifs is 4. The molecule has 188 valence electrons. The minimum Gasteiger partial charge on any atom is -0.481 e. The molecule has 2 bridgehead atoms. The van der Waals surface area contributed by atoms with Gasteiger partial charge in [0.05, 0.1) is 29.0 Å². The van der Waals surface area contributed by atoms with Gasteiger partial charge >= 0.3 is 5.97 Å². The number of furan rings is 1. The highest BCUT2D eigenvalue weighted by atomic mass is 19.1. The molecule has 3 heterocycles. The fourth-order valence-corrected chi connectivity index (χ4v) is 5.99. The zero-order valence-electron chi connectivity index (χ0n) is 19.3. The molecular weight excluding hydrogens is 487 g/mol. The van der Waals surface area contributed by atoms with E-state index in [4.69, 9.17) is 4.42 Å². The van der Waals surface area contributed by atoms with Gasteiger partial charge in [-0.25, -0.2) is 18.2 Å². The Morgan fingerprint density at radius 2 is 1.95 bits per heavy atom. The molecule has 0 radical (unpaired) electrons. The Labute approximate surface area is 208 Å². The number of hydrogen-bond donors (Lipinski definition) is 3. The third-order valence-corrected chi connectivity index (χ3v) is 7.64. The Balaban J connectivity index is 1.57. The number of rotatable bonds is 5. The Kier molecular flexibility index (Phi) is 5.40. The predicted octanol–water partition coefficient (Wildman–Crippen LogP) is 5.48. The molecule has 37 heavy (non-hydrogen) atoms. The molecule has 3 N–H and O–H groups in total. The van der Waals surface area contributed by atoms with Crippen LogP contribution < -0.4 is 5.32 Å². The number of anilines is 1. The van der Waals surface area contributed by atoms with Crippen LogP contribution in [0.25, 0.3) is 33.6 Å². The van der Waals surface area contributed by atoms with Crippen LogP contribution in [0.1, 0.15) is 31.2 Å². The van der Waals surface area contributed by atoms with Crippen LogP contribution in [-0.2, 0) is 4.79 Å². The van der Waals surface area contributed by atoms with Gasteiger partial charge in [0.25, 0.3) is 0 Å². The van der Waals surface area contributed by atoms with Gasteiger partial charge in [0.2, 0.25) is 0 Å². The SMILES string of the molecule is N#Cc1c(-c2[nH]nc3c(F)cc(F)cc23)nc(NC2C3CCC(CC3)[C@H]2C(=O)O)c(F)c1-c1ccco1. The normalized spacial score (nSPS) is 22.8. The van der Waals surface area contributed by atoms with Gasteiger partial charge in [-0.3, -0.25) is 9.89 Å². The van der Waals surface area contributed by atoms with Crippen LogP contribution in [0.4, 0.5) is 19.0 Å². The molecule has 8 nitrogen and oxygen atoms in total. The van der Waals surface area contributed by atoms with E-state index < -0.39 is 35.4 Å². The Morgan fingerprint density at radius 1 is 1.19 bits per heavy atom. The summed E-state index contributed by atoms with van der Waals surface area (Å²) in [4.78, 5) is 16.5. The molecule has 0 aliphatic heterocycles. The van der Waals surface area contributed by atoms with Crippen molar-refractivity contribution in [2.45, 2.75) is 31.7 Å². The number of carbonyl (C=O) groups is 1. The van der Waals surface area contributed by atoms with E-state index in [9.17, 15) is 23.9 Å². The number of hydrogen-bond acceptors (Lipinski definition) is 6. The summed E-state index contributed by atoms with van der Waals surface area (Å²) >= 11 is 0. The van der Waals surface area contributed by atoms with Crippen LogP contribution in [0, 0.1) is 46.5 Å². The largest absolute Gasteiger partial charge is 0.481 e. The van der Waals surface area contributed by atoms with Gasteiger partial charge in [-0.05, 0) is 55.7 Å². The van der Waals surface area contributed by atoms with Gasteiger partial charge in [0.1, 0.15) is 28.9 Å². The van der Waals surface area contributed by atoms with Crippen molar-refractivity contribution in [3.05, 3.63) is 53.5 Å². The molecule has 3 aliphatic carbocycles. The lowest BCUT2D eigenvalue weighted by atomic mass is 9.61. The molecule has 0 spiro atoms. The Morgan fingerprint density at radius 3 is 2.62 bits per heavy atom. The second kappa shape index (κ2) is 8.65. The zero-order valence-corrected chi connectivity index (χ0v) is 19.3. The monoisotopic (exact) mass is 507 g/mol. The number of carboxylic acid groups (broad SMARTS) is 1. The molecule has 11 heteroatoms. The highest BCUT2D eigenvalue weighted by Crippen LogP contribution is 2.47. The number of nitrogens with one attached hydrogen (secondary N) is 2. The number of aromatic amines is 1. The molecule has 3 fully saturated rings. The van der Waals surface area contributed by atoms with E-state index in [2.05, 4.69) is 20.5 Å². The smallest absolute Gasteiger partial charge is 0.308 e. The number of carboxylic acids is 1. The first-order valence-electron chi connectivity index (χ1n) is 11.9. The molecular formula is C26H20F3N5O3. The van der Waals surface area contributed by atoms with Crippen molar-refractivity contribution in [3.63, 3.8) is 0 Å². The first kappa shape index (κ1) is 23.1. The quantitative estimate of drug-likeness (QED) is 0.327. The molecule has 4 aromatic rings. The summed E-state index contributed by atoms with van der Waals surface area (Å²) in [6.45, 7) is 0. The van der Waals surface area contributed by atoms with Gasteiger partial charge in [0.15, 0.2) is 17.5 Å². The van der Waals surface area contributed by atoms with Gasteiger partial charge < -0.3 is 14.8 Å². The van der Waals surface area contributed by atoms with Crippen molar-refractivity contribution in [3.8, 4) is 28.8 Å². The second-order valence-electron chi connectivity index (χ2n) is 9.55. The van der Waals surface area contributed by atoms with Crippen LogP contribution in [-0.4, -0.2) is 32.3 Å². The highest BCUT2D eigenvalue weighted by molar-refractivity contribution is 5.95. The van der Waals surface area contributed by atoms with E-state index >= 15 is 4.39 Å². The number of aromatic nitrogens is 3. The summed E-state index contributed by atoms with van der Waals surface area (Å²) in [6, 6.07) is 6.09. The molecule has 1 aromatic carbocycles. The summed E-state index contributed by atoms with van der Waals surface area (Å²) in [5.41, 5.74) is -0.685. The van der Waals surface area contributed by atoms with Gasteiger partial charge in [0, 0.05) is 17.5 Å². The van der Waals surface area contributed by atoms with Crippen molar-refractivity contribution in [1.82, 2.24) is 15.2 Å². The lowest BCUT2D eigenvalue weighted by Gasteiger charge is -2.47. The van der Waals surface area contributed by atoms with E-state index in [1.54, 1.807) is 0 Å². The number of H-pyrrole nitrogens is 1. The minimum absolute atomic E-state index is 0.00892. The topological polar surface area (TPSA) is 128 Å². The van der Waals surface area contributed by atoms with Crippen LogP contribution in [0.2, 0.25) is 0 Å².